The summed E-state index contributed by atoms with van der Waals surface area (Å²) in [5, 5.41) is 10.1. The lowest BCUT2D eigenvalue weighted by atomic mass is 10.1. The van der Waals surface area contributed by atoms with E-state index in [1.54, 1.807) is 43.5 Å². The third kappa shape index (κ3) is 4.74. The first-order valence-corrected chi connectivity index (χ1v) is 7.48. The molecule has 6 heteroatoms. The molecular formula is C19H20O6. The van der Waals surface area contributed by atoms with Crippen molar-refractivity contribution in [3.63, 3.8) is 0 Å². The van der Waals surface area contributed by atoms with E-state index < -0.39 is 0 Å². The standard InChI is InChI=1S/C19H20O6/c1-22-12-25-14-7-4-13(5-8-14)6-9-16(20)19-17(21)10-15(23-2)11-18(19)24-3/h4-11,21H,12H2,1-3H3. The maximum atomic E-state index is 12.4. The molecule has 0 radical (unpaired) electrons. The second kappa shape index (κ2) is 8.75. The number of methoxy groups -OCH3 is 3. The highest BCUT2D eigenvalue weighted by Crippen LogP contribution is 2.33. The van der Waals surface area contributed by atoms with Crippen molar-refractivity contribution < 1.29 is 28.8 Å². The van der Waals surface area contributed by atoms with E-state index in [0.717, 1.165) is 5.56 Å². The van der Waals surface area contributed by atoms with Crippen LogP contribution < -0.4 is 14.2 Å². The zero-order valence-corrected chi connectivity index (χ0v) is 14.3. The summed E-state index contributed by atoms with van der Waals surface area (Å²) in [6.07, 6.45) is 3.01. The molecule has 132 valence electrons. The van der Waals surface area contributed by atoms with Crippen LogP contribution in [0.2, 0.25) is 0 Å². The predicted molar refractivity (Wildman–Crippen MR) is 93.5 cm³/mol. The number of carbonyl (C=O) groups is 1. The molecule has 25 heavy (non-hydrogen) atoms. The lowest BCUT2D eigenvalue weighted by molar-refractivity contribution is 0.0511. The van der Waals surface area contributed by atoms with E-state index in [0.29, 0.717) is 11.5 Å². The number of hydrogen-bond acceptors (Lipinski definition) is 6. The zero-order chi connectivity index (χ0) is 18.2. The van der Waals surface area contributed by atoms with Crippen LogP contribution in [0.1, 0.15) is 15.9 Å². The van der Waals surface area contributed by atoms with E-state index in [4.69, 9.17) is 18.9 Å². The maximum Gasteiger partial charge on any atom is 0.193 e. The first kappa shape index (κ1) is 18.4. The predicted octanol–water partition coefficient (Wildman–Crippen LogP) is 3.29. The largest absolute Gasteiger partial charge is 0.507 e. The average molecular weight is 344 g/mol. The molecule has 2 aromatic rings. The third-order valence-electron chi connectivity index (χ3n) is 3.41. The number of rotatable bonds is 8. The van der Waals surface area contributed by atoms with Gasteiger partial charge in [0, 0.05) is 19.2 Å². The number of phenolic OH excluding ortho intramolecular Hbond substituents is 1. The number of allylic oxidation sites excluding steroid dienone is 1. The minimum Gasteiger partial charge on any atom is -0.507 e. The van der Waals surface area contributed by atoms with E-state index in [1.807, 2.05) is 0 Å². The van der Waals surface area contributed by atoms with Gasteiger partial charge in [-0.25, -0.2) is 0 Å². The van der Waals surface area contributed by atoms with Gasteiger partial charge in [-0.05, 0) is 23.8 Å². The molecule has 0 amide bonds. The SMILES string of the molecule is COCOc1ccc(C=CC(=O)c2c(O)cc(OC)cc2OC)cc1. The van der Waals surface area contributed by atoms with Crippen LogP contribution in [-0.4, -0.2) is 39.0 Å². The quantitative estimate of drug-likeness (QED) is 0.450. The highest BCUT2D eigenvalue weighted by atomic mass is 16.7. The summed E-state index contributed by atoms with van der Waals surface area (Å²) in [6.45, 7) is 0.171. The second-order valence-electron chi connectivity index (χ2n) is 5.04. The number of benzene rings is 2. The number of phenols is 1. The van der Waals surface area contributed by atoms with Crippen molar-refractivity contribution in [2.45, 2.75) is 0 Å². The molecule has 2 rings (SSSR count). The molecule has 1 N–H and O–H groups in total. The smallest absolute Gasteiger partial charge is 0.193 e. The monoisotopic (exact) mass is 344 g/mol. The Kier molecular flexibility index (Phi) is 6.42. The molecule has 0 unspecified atom stereocenters. The number of ketones is 1. The molecule has 0 aliphatic heterocycles. The average Bonchev–Trinajstić information content (AvgIpc) is 2.64. The van der Waals surface area contributed by atoms with Gasteiger partial charge in [-0.3, -0.25) is 4.79 Å². The summed E-state index contributed by atoms with van der Waals surface area (Å²) in [4.78, 5) is 12.4. The third-order valence-corrected chi connectivity index (χ3v) is 3.41. The van der Waals surface area contributed by atoms with Gasteiger partial charge in [-0.2, -0.15) is 0 Å². The maximum absolute atomic E-state index is 12.4. The molecule has 0 aromatic heterocycles. The van der Waals surface area contributed by atoms with Gasteiger partial charge in [0.2, 0.25) is 0 Å². The van der Waals surface area contributed by atoms with Gasteiger partial charge in [0.25, 0.3) is 0 Å². The fourth-order valence-electron chi connectivity index (χ4n) is 2.16. The molecule has 0 aliphatic rings. The van der Waals surface area contributed by atoms with Crippen molar-refractivity contribution in [1.82, 2.24) is 0 Å². The molecular weight excluding hydrogens is 324 g/mol. The Balaban J connectivity index is 2.17. The number of carbonyl (C=O) groups excluding carboxylic acids is 1. The normalized spacial score (nSPS) is 10.7. The van der Waals surface area contributed by atoms with Crippen LogP contribution in [0.25, 0.3) is 6.08 Å². The first-order valence-electron chi connectivity index (χ1n) is 7.48. The second-order valence-corrected chi connectivity index (χ2v) is 5.04. The number of hydrogen-bond donors (Lipinski definition) is 1. The minimum atomic E-state index is -0.378. The molecule has 0 spiro atoms. The highest BCUT2D eigenvalue weighted by molar-refractivity contribution is 6.10. The Morgan fingerprint density at radius 1 is 1.04 bits per heavy atom. The van der Waals surface area contributed by atoms with Crippen LogP contribution in [0, 0.1) is 0 Å². The molecule has 0 saturated carbocycles. The highest BCUT2D eigenvalue weighted by Gasteiger charge is 2.17. The summed E-state index contributed by atoms with van der Waals surface area (Å²) >= 11 is 0. The molecule has 0 atom stereocenters. The summed E-state index contributed by atoms with van der Waals surface area (Å²) in [7, 11) is 4.44. The lowest BCUT2D eigenvalue weighted by Gasteiger charge is -2.10. The van der Waals surface area contributed by atoms with E-state index in [2.05, 4.69) is 0 Å². The van der Waals surface area contributed by atoms with Crippen LogP contribution in [0.15, 0.2) is 42.5 Å². The number of aromatic hydroxyl groups is 1. The Morgan fingerprint density at radius 3 is 2.36 bits per heavy atom. The molecule has 0 fully saturated rings. The van der Waals surface area contributed by atoms with Gasteiger partial charge in [0.05, 0.1) is 14.2 Å². The summed E-state index contributed by atoms with van der Waals surface area (Å²) in [5.74, 6) is 0.738. The van der Waals surface area contributed by atoms with E-state index in [-0.39, 0.29) is 29.6 Å². The zero-order valence-electron chi connectivity index (χ0n) is 14.3. The van der Waals surface area contributed by atoms with Crippen LogP contribution in [-0.2, 0) is 4.74 Å². The van der Waals surface area contributed by atoms with Gasteiger partial charge in [0.1, 0.15) is 28.6 Å². The van der Waals surface area contributed by atoms with Crippen LogP contribution >= 0.6 is 0 Å². The van der Waals surface area contributed by atoms with Crippen LogP contribution in [0.5, 0.6) is 23.0 Å². The fraction of sp³-hybridized carbons (Fsp3) is 0.211. The van der Waals surface area contributed by atoms with Gasteiger partial charge >= 0.3 is 0 Å². The number of ether oxygens (including phenoxy) is 4. The van der Waals surface area contributed by atoms with Gasteiger partial charge in [-0.1, -0.05) is 18.2 Å². The Bertz CT molecular complexity index is 749. The molecule has 0 saturated heterocycles. The lowest BCUT2D eigenvalue weighted by Crippen LogP contribution is -2.00. The first-order chi connectivity index (χ1) is 12.1. The van der Waals surface area contributed by atoms with Gasteiger partial charge in [0.15, 0.2) is 12.6 Å². The fourth-order valence-corrected chi connectivity index (χ4v) is 2.16. The molecule has 0 bridgehead atoms. The van der Waals surface area contributed by atoms with E-state index in [1.165, 1.54) is 26.4 Å². The van der Waals surface area contributed by atoms with Gasteiger partial charge in [-0.15, -0.1) is 0 Å². The van der Waals surface area contributed by atoms with E-state index in [9.17, 15) is 9.90 Å². The van der Waals surface area contributed by atoms with Gasteiger partial charge < -0.3 is 24.1 Å². The Morgan fingerprint density at radius 2 is 1.76 bits per heavy atom. The van der Waals surface area contributed by atoms with Crippen molar-refractivity contribution in [2.75, 3.05) is 28.1 Å². The molecule has 6 nitrogen and oxygen atoms in total. The van der Waals surface area contributed by atoms with Crippen molar-refractivity contribution >= 4 is 11.9 Å². The van der Waals surface area contributed by atoms with Crippen LogP contribution in [0.3, 0.4) is 0 Å². The van der Waals surface area contributed by atoms with E-state index >= 15 is 0 Å². The Hall–Kier alpha value is -2.99. The topological polar surface area (TPSA) is 74.2 Å². The van der Waals surface area contributed by atoms with Crippen molar-refractivity contribution in [3.8, 4) is 23.0 Å². The molecule has 0 aliphatic carbocycles. The Labute approximate surface area is 146 Å². The molecule has 2 aromatic carbocycles. The van der Waals surface area contributed by atoms with Crippen molar-refractivity contribution in [1.29, 1.82) is 0 Å². The summed E-state index contributed by atoms with van der Waals surface area (Å²) in [5.41, 5.74) is 0.893. The van der Waals surface area contributed by atoms with Crippen molar-refractivity contribution in [3.05, 3.63) is 53.6 Å². The minimum absolute atomic E-state index is 0.0830. The summed E-state index contributed by atoms with van der Waals surface area (Å²) in [6, 6.07) is 10.1. The van der Waals surface area contributed by atoms with Crippen molar-refractivity contribution in [2.24, 2.45) is 0 Å². The summed E-state index contributed by atoms with van der Waals surface area (Å²) < 4.78 is 20.3. The van der Waals surface area contributed by atoms with Crippen LogP contribution in [0.4, 0.5) is 0 Å². The molecule has 0 heterocycles.